The molecule has 0 aromatic heterocycles. The number of carbonyl (C=O) groups is 1. The van der Waals surface area contributed by atoms with E-state index in [0.29, 0.717) is 12.1 Å². The molecule has 21 heteroatoms. The highest BCUT2D eigenvalue weighted by molar-refractivity contribution is 5.71. The molecule has 0 radical (unpaired) electrons. The third-order valence-electron chi connectivity index (χ3n) is 4.84. The Hall–Kier alpha value is -3.16. The number of nitro benzene ring substituents is 1. The third kappa shape index (κ3) is 5.15. The number of rotatable bonds is 5. The summed E-state index contributed by atoms with van der Waals surface area (Å²) in [7, 11) is 0. The van der Waals surface area contributed by atoms with Crippen LogP contribution in [0.2, 0.25) is 0 Å². The van der Waals surface area contributed by atoms with Gasteiger partial charge in [-0.2, -0.15) is 65.9 Å². The summed E-state index contributed by atoms with van der Waals surface area (Å²) in [5.41, 5.74) is -17.2. The Bertz CT molecular complexity index is 958. The number of halogens is 15. The second-order valence-electron chi connectivity index (χ2n) is 7.05. The van der Waals surface area contributed by atoms with Crippen LogP contribution in [0.25, 0.3) is 0 Å². The van der Waals surface area contributed by atoms with Gasteiger partial charge in [0.15, 0.2) is 0 Å². The van der Waals surface area contributed by atoms with Gasteiger partial charge in [-0.1, -0.05) is 12.1 Å². The van der Waals surface area contributed by atoms with E-state index in [9.17, 15) is 80.8 Å². The van der Waals surface area contributed by atoms with Crippen molar-refractivity contribution in [3.63, 3.8) is 0 Å². The van der Waals surface area contributed by atoms with Gasteiger partial charge in [-0.15, -0.1) is 0 Å². The zero-order valence-corrected chi connectivity index (χ0v) is 17.2. The van der Waals surface area contributed by atoms with Gasteiger partial charge in [0, 0.05) is 6.07 Å². The summed E-state index contributed by atoms with van der Waals surface area (Å²) in [5, 5.41) is 10.9. The Morgan fingerprint density at radius 3 is 1.49 bits per heavy atom. The van der Waals surface area contributed by atoms with Crippen molar-refractivity contribution >= 4 is 11.8 Å². The maximum absolute atomic E-state index is 13.5. The van der Waals surface area contributed by atoms with Gasteiger partial charge in [0.2, 0.25) is 5.54 Å². The molecule has 0 atom stereocenters. The lowest BCUT2D eigenvalue weighted by Gasteiger charge is -2.52. The standard InChI is InChI=1S/C16H9F15N2O4/c1-10(12(17,18)19,13(20,21)22)32(11(14(23,24)25,15(26,27)28)16(29,30)31)9(34)37-6-7-4-2-3-5-8(7)33(35)36/h2-5H,6H2,1H3. The fourth-order valence-corrected chi connectivity index (χ4v) is 2.95. The molecule has 0 saturated carbocycles. The van der Waals surface area contributed by atoms with Gasteiger partial charge in [0.05, 0.1) is 10.5 Å². The summed E-state index contributed by atoms with van der Waals surface area (Å²) < 4.78 is 206. The van der Waals surface area contributed by atoms with Gasteiger partial charge >= 0.3 is 42.5 Å². The van der Waals surface area contributed by atoms with Crippen LogP contribution in [-0.2, 0) is 11.3 Å². The Kier molecular flexibility index (Phi) is 8.01. The quantitative estimate of drug-likeness (QED) is 0.218. The van der Waals surface area contributed by atoms with E-state index in [-0.39, 0.29) is 0 Å². The Balaban J connectivity index is 4.13. The van der Waals surface area contributed by atoms with E-state index in [4.69, 9.17) is 0 Å². The number of hydrogen-bond donors (Lipinski definition) is 0. The van der Waals surface area contributed by atoms with Crippen LogP contribution < -0.4 is 0 Å². The molecule has 0 aliphatic carbocycles. The van der Waals surface area contributed by atoms with Crippen molar-refractivity contribution in [3.8, 4) is 0 Å². The number of nitro groups is 1. The number of amides is 1. The second-order valence-corrected chi connectivity index (χ2v) is 7.05. The van der Waals surface area contributed by atoms with Gasteiger partial charge in [0.1, 0.15) is 6.61 Å². The highest BCUT2D eigenvalue weighted by Crippen LogP contribution is 2.61. The van der Waals surface area contributed by atoms with Gasteiger partial charge in [-0.25, -0.2) is 4.79 Å². The lowest BCUT2D eigenvalue weighted by atomic mass is 9.86. The minimum atomic E-state index is -8.13. The predicted molar refractivity (Wildman–Crippen MR) is 86.5 cm³/mol. The van der Waals surface area contributed by atoms with Crippen molar-refractivity contribution < 1.29 is 80.3 Å². The van der Waals surface area contributed by atoms with Crippen LogP contribution in [0.1, 0.15) is 12.5 Å². The molecular weight excluding hydrogens is 569 g/mol. The molecule has 37 heavy (non-hydrogen) atoms. The predicted octanol–water partition coefficient (Wildman–Crippen LogP) is 6.84. The number of carbonyl (C=O) groups excluding carboxylic acids is 1. The Morgan fingerprint density at radius 1 is 0.784 bits per heavy atom. The summed E-state index contributed by atoms with van der Waals surface area (Å²) in [6.45, 7) is -3.58. The van der Waals surface area contributed by atoms with Crippen molar-refractivity contribution in [1.29, 1.82) is 0 Å². The topological polar surface area (TPSA) is 72.7 Å². The Labute approximate surface area is 193 Å². The lowest BCUT2D eigenvalue weighted by Crippen LogP contribution is -2.84. The first kappa shape index (κ1) is 31.9. The molecule has 1 aromatic rings. The second kappa shape index (κ2) is 9.30. The van der Waals surface area contributed by atoms with Crippen molar-refractivity contribution in [3.05, 3.63) is 39.9 Å². The first-order valence-electron chi connectivity index (χ1n) is 8.72. The maximum Gasteiger partial charge on any atom is 0.430 e. The number of nitrogens with zero attached hydrogens (tertiary/aromatic N) is 2. The first-order chi connectivity index (χ1) is 16.2. The largest absolute Gasteiger partial charge is 0.444 e. The summed E-state index contributed by atoms with van der Waals surface area (Å²) in [6, 6.07) is 2.78. The molecular formula is C16H9F15N2O4. The molecule has 1 rings (SSSR count). The average molecular weight is 578 g/mol. The minimum absolute atomic E-state index is 0.535. The Morgan fingerprint density at radius 2 is 1.16 bits per heavy atom. The minimum Gasteiger partial charge on any atom is -0.444 e. The first-order valence-corrected chi connectivity index (χ1v) is 8.72. The lowest BCUT2D eigenvalue weighted by molar-refractivity contribution is -0.449. The molecule has 0 aliphatic heterocycles. The molecule has 1 aromatic carbocycles. The molecule has 1 amide bonds. The van der Waals surface area contributed by atoms with Crippen molar-refractivity contribution in [2.75, 3.05) is 0 Å². The fraction of sp³-hybridized carbons (Fsp3) is 0.562. The zero-order valence-electron chi connectivity index (χ0n) is 17.2. The SMILES string of the molecule is CC(N(C(=O)OCc1ccccc1[N+](=O)[O-])C(C(F)(F)F)(C(F)(F)F)C(F)(F)F)(C(F)(F)F)C(F)(F)F. The molecule has 0 fully saturated rings. The molecule has 0 saturated heterocycles. The maximum atomic E-state index is 13.5. The van der Waals surface area contributed by atoms with E-state index in [1.54, 1.807) is 0 Å². The molecule has 0 bridgehead atoms. The van der Waals surface area contributed by atoms with Crippen LogP contribution in [0.5, 0.6) is 0 Å². The summed E-state index contributed by atoms with van der Waals surface area (Å²) in [6.07, 6.45) is -43.3. The van der Waals surface area contributed by atoms with Crippen LogP contribution in [0, 0.1) is 10.1 Å². The summed E-state index contributed by atoms with van der Waals surface area (Å²) in [5.74, 6) is 0. The fourth-order valence-electron chi connectivity index (χ4n) is 2.95. The monoisotopic (exact) mass is 578 g/mol. The summed E-state index contributed by atoms with van der Waals surface area (Å²) >= 11 is 0. The van der Waals surface area contributed by atoms with E-state index >= 15 is 0 Å². The molecule has 0 spiro atoms. The van der Waals surface area contributed by atoms with E-state index in [1.807, 2.05) is 0 Å². The van der Waals surface area contributed by atoms with Crippen LogP contribution in [0.4, 0.5) is 76.3 Å². The number of alkyl halides is 15. The van der Waals surface area contributed by atoms with Crippen LogP contribution >= 0.6 is 0 Å². The highest BCUT2D eigenvalue weighted by Gasteiger charge is 2.93. The summed E-state index contributed by atoms with van der Waals surface area (Å²) in [4.78, 5) is 18.1. The van der Waals surface area contributed by atoms with Gasteiger partial charge in [-0.3, -0.25) is 15.0 Å². The molecule has 0 N–H and O–H groups in total. The van der Waals surface area contributed by atoms with Crippen molar-refractivity contribution in [2.45, 2.75) is 55.5 Å². The molecule has 0 unspecified atom stereocenters. The van der Waals surface area contributed by atoms with Crippen LogP contribution in [-0.4, -0.2) is 57.9 Å². The van der Waals surface area contributed by atoms with Gasteiger partial charge in [-0.05, 0) is 13.0 Å². The smallest absolute Gasteiger partial charge is 0.430 e. The van der Waals surface area contributed by atoms with Gasteiger partial charge < -0.3 is 4.74 Å². The molecule has 0 heterocycles. The normalized spacial score (nSPS) is 14.4. The van der Waals surface area contributed by atoms with Gasteiger partial charge in [0.25, 0.3) is 5.69 Å². The van der Waals surface area contributed by atoms with Crippen LogP contribution in [0.15, 0.2) is 24.3 Å². The molecule has 0 aliphatic rings. The van der Waals surface area contributed by atoms with Crippen LogP contribution in [0.3, 0.4) is 0 Å². The van der Waals surface area contributed by atoms with E-state index in [2.05, 4.69) is 4.74 Å². The number of hydrogen-bond acceptors (Lipinski definition) is 4. The highest BCUT2D eigenvalue weighted by atomic mass is 19.4. The van der Waals surface area contributed by atoms with Crippen molar-refractivity contribution in [2.24, 2.45) is 0 Å². The number of ether oxygens (including phenoxy) is 1. The van der Waals surface area contributed by atoms with E-state index in [0.717, 1.165) is 12.1 Å². The molecule has 212 valence electrons. The zero-order chi connectivity index (χ0) is 29.6. The third-order valence-corrected chi connectivity index (χ3v) is 4.84. The average Bonchev–Trinajstić information content (AvgIpc) is 2.64. The molecule has 6 nitrogen and oxygen atoms in total. The van der Waals surface area contributed by atoms with E-state index in [1.165, 1.54) is 0 Å². The number of para-hydroxylation sites is 1. The van der Waals surface area contributed by atoms with Crippen molar-refractivity contribution in [1.82, 2.24) is 4.90 Å². The number of benzene rings is 1. The van der Waals surface area contributed by atoms with E-state index < -0.39 is 82.7 Å².